The van der Waals surface area contributed by atoms with Gasteiger partial charge >= 0.3 is 0 Å². The molecule has 1 N–H and O–H groups in total. The topological polar surface area (TPSA) is 51.2 Å². The lowest BCUT2D eigenvalue weighted by Crippen LogP contribution is -2.52. The second kappa shape index (κ2) is 3.99. The maximum absolute atomic E-state index is 9.26. The van der Waals surface area contributed by atoms with E-state index in [0.717, 1.165) is 6.54 Å². The van der Waals surface area contributed by atoms with Crippen molar-refractivity contribution in [2.75, 3.05) is 41.0 Å². The summed E-state index contributed by atoms with van der Waals surface area (Å²) in [6, 6.07) is 0.0737. The van der Waals surface area contributed by atoms with Crippen LogP contribution in [0.2, 0.25) is 0 Å². The van der Waals surface area contributed by atoms with Crippen LogP contribution < -0.4 is 0 Å². The van der Waals surface area contributed by atoms with E-state index in [2.05, 4.69) is 4.90 Å². The number of aliphatic hydroxyl groups is 1. The van der Waals surface area contributed by atoms with E-state index in [9.17, 15) is 5.11 Å². The number of ether oxygens (including phenoxy) is 3. The molecule has 88 valence electrons. The first-order valence-corrected chi connectivity index (χ1v) is 5.21. The van der Waals surface area contributed by atoms with Crippen LogP contribution in [0.5, 0.6) is 0 Å². The van der Waals surface area contributed by atoms with Crippen molar-refractivity contribution >= 4 is 0 Å². The summed E-state index contributed by atoms with van der Waals surface area (Å²) in [7, 11) is 5.28. The van der Waals surface area contributed by atoms with Gasteiger partial charge in [-0.05, 0) is 7.05 Å². The molecule has 0 aromatic heterocycles. The fourth-order valence-corrected chi connectivity index (χ4v) is 2.81. The average Bonchev–Trinajstić information content (AvgIpc) is 2.78. The Bertz CT molecular complexity index is 231. The molecule has 0 unspecified atom stereocenters. The van der Waals surface area contributed by atoms with Gasteiger partial charge in [0.2, 0.25) is 5.79 Å². The van der Waals surface area contributed by atoms with Gasteiger partial charge in [-0.15, -0.1) is 0 Å². The Balaban J connectivity index is 2.22. The predicted molar refractivity (Wildman–Crippen MR) is 53.5 cm³/mol. The molecule has 5 nitrogen and oxygen atoms in total. The van der Waals surface area contributed by atoms with Gasteiger partial charge in [-0.3, -0.25) is 4.90 Å². The molecule has 0 radical (unpaired) electrons. The first-order chi connectivity index (χ1) is 7.18. The zero-order valence-electron chi connectivity index (χ0n) is 9.47. The Morgan fingerprint density at radius 1 is 1.47 bits per heavy atom. The molecule has 2 aliphatic rings. The quantitative estimate of drug-likeness (QED) is 0.633. The summed E-state index contributed by atoms with van der Waals surface area (Å²) in [6.07, 6.45) is 0.0138. The zero-order chi connectivity index (χ0) is 11.1. The predicted octanol–water partition coefficient (Wildman–Crippen LogP) is -0.703. The molecule has 2 aliphatic heterocycles. The Morgan fingerprint density at radius 3 is 2.67 bits per heavy atom. The smallest absolute Gasteiger partial charge is 0.209 e. The van der Waals surface area contributed by atoms with E-state index in [0.29, 0.717) is 6.61 Å². The molecule has 3 atom stereocenters. The number of hydrogen-bond donors (Lipinski definition) is 1. The molecule has 0 aromatic carbocycles. The lowest BCUT2D eigenvalue weighted by molar-refractivity contribution is -0.225. The van der Waals surface area contributed by atoms with Crippen molar-refractivity contribution in [3.8, 4) is 0 Å². The van der Waals surface area contributed by atoms with E-state index in [4.69, 9.17) is 14.2 Å². The fraction of sp³-hybridized carbons (Fsp3) is 1.00. The summed E-state index contributed by atoms with van der Waals surface area (Å²) in [6.45, 7) is 1.39. The molecule has 0 bridgehead atoms. The number of rotatable bonds is 3. The minimum atomic E-state index is -0.677. The summed E-state index contributed by atoms with van der Waals surface area (Å²) < 4.78 is 16.6. The molecular weight excluding hydrogens is 198 g/mol. The number of hydrogen-bond acceptors (Lipinski definition) is 5. The summed E-state index contributed by atoms with van der Waals surface area (Å²) in [5, 5.41) is 9.26. The van der Waals surface area contributed by atoms with Gasteiger partial charge in [0, 0.05) is 33.3 Å². The van der Waals surface area contributed by atoms with E-state index in [-0.39, 0.29) is 24.7 Å². The van der Waals surface area contributed by atoms with Gasteiger partial charge in [0.25, 0.3) is 0 Å². The van der Waals surface area contributed by atoms with E-state index >= 15 is 0 Å². The van der Waals surface area contributed by atoms with Gasteiger partial charge in [0.1, 0.15) is 6.61 Å². The number of methoxy groups -OCH3 is 2. The van der Waals surface area contributed by atoms with E-state index in [1.165, 1.54) is 0 Å². The van der Waals surface area contributed by atoms with Crippen LogP contribution in [0.3, 0.4) is 0 Å². The largest absolute Gasteiger partial charge is 0.396 e. The fourth-order valence-electron chi connectivity index (χ4n) is 2.81. The number of likely N-dealkylation sites (N-methyl/N-ethyl adjacent to an activating group) is 1. The van der Waals surface area contributed by atoms with Gasteiger partial charge in [-0.1, -0.05) is 0 Å². The summed E-state index contributed by atoms with van der Waals surface area (Å²) in [5.41, 5.74) is 0. The number of likely N-dealkylation sites (tertiary alicyclic amines) is 1. The van der Waals surface area contributed by atoms with Crippen LogP contribution in [0.1, 0.15) is 0 Å². The first-order valence-electron chi connectivity index (χ1n) is 5.21. The maximum Gasteiger partial charge on any atom is 0.209 e. The van der Waals surface area contributed by atoms with Gasteiger partial charge < -0.3 is 19.3 Å². The molecule has 0 amide bonds. The van der Waals surface area contributed by atoms with Crippen LogP contribution in [0.15, 0.2) is 0 Å². The molecule has 15 heavy (non-hydrogen) atoms. The number of nitrogens with zero attached hydrogens (tertiary/aromatic N) is 1. The van der Waals surface area contributed by atoms with Crippen molar-refractivity contribution in [2.45, 2.75) is 17.9 Å². The summed E-state index contributed by atoms with van der Waals surface area (Å²) >= 11 is 0. The molecule has 2 fully saturated rings. The van der Waals surface area contributed by atoms with Crippen LogP contribution in [0, 0.1) is 5.92 Å². The van der Waals surface area contributed by atoms with Crippen LogP contribution in [0.25, 0.3) is 0 Å². The molecule has 2 saturated heterocycles. The highest BCUT2D eigenvalue weighted by Crippen LogP contribution is 2.40. The highest BCUT2D eigenvalue weighted by molar-refractivity contribution is 5.05. The van der Waals surface area contributed by atoms with Crippen LogP contribution in [-0.4, -0.2) is 69.0 Å². The first kappa shape index (κ1) is 11.3. The standard InChI is InChI=1S/C10H19NO4/c1-11-4-7(5-12)8-9(11)10(13-2,14-3)6-15-8/h7-9,12H,4-6H2,1-3H3/t7-,8+,9-/m0/s1. The third-order valence-corrected chi connectivity index (χ3v) is 3.63. The van der Waals surface area contributed by atoms with Gasteiger partial charge in [-0.25, -0.2) is 0 Å². The molecule has 2 rings (SSSR count). The summed E-state index contributed by atoms with van der Waals surface area (Å²) in [5.74, 6) is -0.518. The van der Waals surface area contributed by atoms with Crippen molar-refractivity contribution in [1.29, 1.82) is 0 Å². The number of fused-ring (bicyclic) bond motifs is 1. The average molecular weight is 217 g/mol. The second-order valence-corrected chi connectivity index (χ2v) is 4.32. The normalized spacial score (nSPS) is 39.6. The number of aliphatic hydroxyl groups excluding tert-OH is 1. The Labute approximate surface area is 89.9 Å². The molecule has 2 heterocycles. The van der Waals surface area contributed by atoms with Crippen LogP contribution in [-0.2, 0) is 14.2 Å². The Morgan fingerprint density at radius 2 is 2.13 bits per heavy atom. The minimum Gasteiger partial charge on any atom is -0.396 e. The molecule has 5 heteroatoms. The van der Waals surface area contributed by atoms with E-state index in [1.54, 1.807) is 14.2 Å². The molecule has 0 aromatic rings. The zero-order valence-corrected chi connectivity index (χ0v) is 9.47. The SMILES string of the molecule is COC1(OC)CO[C@@H]2[C@H](CO)CN(C)[C@@H]21. The third-order valence-electron chi connectivity index (χ3n) is 3.63. The second-order valence-electron chi connectivity index (χ2n) is 4.32. The molecule has 0 spiro atoms. The lowest BCUT2D eigenvalue weighted by atomic mass is 10.00. The third kappa shape index (κ3) is 1.50. The molecule has 0 aliphatic carbocycles. The molecular formula is C10H19NO4. The Hall–Kier alpha value is -0.200. The van der Waals surface area contributed by atoms with Crippen molar-refractivity contribution < 1.29 is 19.3 Å². The minimum absolute atomic E-state index is 0.0138. The van der Waals surface area contributed by atoms with Crippen molar-refractivity contribution in [3.05, 3.63) is 0 Å². The van der Waals surface area contributed by atoms with Crippen molar-refractivity contribution in [1.82, 2.24) is 4.90 Å². The van der Waals surface area contributed by atoms with Crippen molar-refractivity contribution in [3.63, 3.8) is 0 Å². The van der Waals surface area contributed by atoms with E-state index < -0.39 is 5.79 Å². The van der Waals surface area contributed by atoms with Gasteiger partial charge in [0.05, 0.1) is 12.1 Å². The highest BCUT2D eigenvalue weighted by Gasteiger charge is 2.58. The highest BCUT2D eigenvalue weighted by atomic mass is 16.7. The summed E-state index contributed by atoms with van der Waals surface area (Å²) in [4.78, 5) is 2.14. The van der Waals surface area contributed by atoms with Gasteiger partial charge in [0.15, 0.2) is 0 Å². The van der Waals surface area contributed by atoms with Gasteiger partial charge in [-0.2, -0.15) is 0 Å². The maximum atomic E-state index is 9.26. The van der Waals surface area contributed by atoms with Crippen LogP contribution in [0.4, 0.5) is 0 Å². The lowest BCUT2D eigenvalue weighted by Gasteiger charge is -2.33. The van der Waals surface area contributed by atoms with Crippen molar-refractivity contribution in [2.24, 2.45) is 5.92 Å². The van der Waals surface area contributed by atoms with E-state index in [1.807, 2.05) is 7.05 Å². The molecule has 0 saturated carbocycles. The van der Waals surface area contributed by atoms with Crippen LogP contribution >= 0.6 is 0 Å². The Kier molecular flexibility index (Phi) is 3.00. The monoisotopic (exact) mass is 217 g/mol.